The highest BCUT2D eigenvalue weighted by Crippen LogP contribution is 2.20. The number of nitrogens with zero attached hydrogens (tertiary/aromatic N) is 5. The van der Waals surface area contributed by atoms with Crippen LogP contribution in [0.15, 0.2) is 36.5 Å². The van der Waals surface area contributed by atoms with Crippen molar-refractivity contribution in [2.75, 3.05) is 11.9 Å². The molecule has 0 N–H and O–H groups in total. The van der Waals surface area contributed by atoms with Crippen molar-refractivity contribution in [2.24, 2.45) is 0 Å². The van der Waals surface area contributed by atoms with E-state index in [0.717, 1.165) is 5.69 Å². The zero-order valence-corrected chi connectivity index (χ0v) is 9.70. The van der Waals surface area contributed by atoms with Crippen molar-refractivity contribution in [1.82, 2.24) is 9.97 Å². The first-order chi connectivity index (χ1) is 8.74. The van der Waals surface area contributed by atoms with E-state index < -0.39 is 0 Å². The van der Waals surface area contributed by atoms with Crippen LogP contribution in [-0.2, 0) is 0 Å². The van der Waals surface area contributed by atoms with Crippen molar-refractivity contribution in [3.63, 3.8) is 0 Å². The number of anilines is 2. The van der Waals surface area contributed by atoms with Gasteiger partial charge in [-0.05, 0) is 30.3 Å². The Morgan fingerprint density at radius 1 is 1.06 bits per heavy atom. The maximum absolute atomic E-state index is 8.79. The van der Waals surface area contributed by atoms with Gasteiger partial charge in [0.2, 0.25) is 5.95 Å². The lowest BCUT2D eigenvalue weighted by Crippen LogP contribution is -2.13. The first-order valence-corrected chi connectivity index (χ1v) is 5.21. The van der Waals surface area contributed by atoms with Crippen LogP contribution in [0.1, 0.15) is 11.3 Å². The highest BCUT2D eigenvalue weighted by atomic mass is 15.2. The molecule has 0 bridgehead atoms. The Morgan fingerprint density at radius 3 is 2.39 bits per heavy atom. The second-order valence-corrected chi connectivity index (χ2v) is 3.57. The van der Waals surface area contributed by atoms with Gasteiger partial charge in [0, 0.05) is 18.9 Å². The molecule has 0 saturated heterocycles. The van der Waals surface area contributed by atoms with Crippen LogP contribution in [0, 0.1) is 22.7 Å². The molecule has 1 heterocycles. The summed E-state index contributed by atoms with van der Waals surface area (Å²) >= 11 is 0. The molecular formula is C13H9N5. The molecule has 1 aromatic carbocycles. The molecule has 0 saturated carbocycles. The van der Waals surface area contributed by atoms with Gasteiger partial charge in [0.25, 0.3) is 0 Å². The third kappa shape index (κ3) is 2.26. The maximum atomic E-state index is 8.79. The number of nitriles is 2. The zero-order valence-electron chi connectivity index (χ0n) is 9.70. The predicted molar refractivity (Wildman–Crippen MR) is 66.0 cm³/mol. The molecule has 5 heteroatoms. The fourth-order valence-corrected chi connectivity index (χ4v) is 1.45. The van der Waals surface area contributed by atoms with E-state index in [-0.39, 0.29) is 0 Å². The van der Waals surface area contributed by atoms with E-state index in [4.69, 9.17) is 10.5 Å². The van der Waals surface area contributed by atoms with Crippen LogP contribution in [0.3, 0.4) is 0 Å². The van der Waals surface area contributed by atoms with Crippen LogP contribution in [0.5, 0.6) is 0 Å². The van der Waals surface area contributed by atoms with Gasteiger partial charge in [-0.15, -0.1) is 0 Å². The van der Waals surface area contributed by atoms with Gasteiger partial charge in [-0.3, -0.25) is 0 Å². The summed E-state index contributed by atoms with van der Waals surface area (Å²) in [7, 11) is 1.80. The molecule has 1 aromatic heterocycles. The van der Waals surface area contributed by atoms with Crippen LogP contribution < -0.4 is 4.90 Å². The molecule has 0 atom stereocenters. The fourth-order valence-electron chi connectivity index (χ4n) is 1.45. The van der Waals surface area contributed by atoms with Gasteiger partial charge in [-0.1, -0.05) is 0 Å². The average Bonchev–Trinajstić information content (AvgIpc) is 2.46. The summed E-state index contributed by atoms with van der Waals surface area (Å²) in [4.78, 5) is 9.96. The molecule has 0 aliphatic carbocycles. The molecule has 0 spiro atoms. The Kier molecular flexibility index (Phi) is 3.17. The van der Waals surface area contributed by atoms with Crippen molar-refractivity contribution in [1.29, 1.82) is 10.5 Å². The molecule has 0 radical (unpaired) electrons. The summed E-state index contributed by atoms with van der Waals surface area (Å²) in [6.45, 7) is 0. The monoisotopic (exact) mass is 235 g/mol. The lowest BCUT2D eigenvalue weighted by molar-refractivity contribution is 1.03. The highest BCUT2D eigenvalue weighted by Gasteiger charge is 2.07. The van der Waals surface area contributed by atoms with Crippen LogP contribution in [0.2, 0.25) is 0 Å². The number of hydrogen-bond acceptors (Lipinski definition) is 5. The van der Waals surface area contributed by atoms with Gasteiger partial charge in [0.1, 0.15) is 11.8 Å². The second kappa shape index (κ2) is 4.94. The van der Waals surface area contributed by atoms with E-state index >= 15 is 0 Å². The molecule has 0 aliphatic rings. The van der Waals surface area contributed by atoms with E-state index in [2.05, 4.69) is 16.0 Å². The standard InChI is InChI=1S/C13H9N5/c1-18(12-4-2-10(8-14)3-5-12)13-16-7-6-11(9-15)17-13/h2-7H,1H3. The maximum Gasteiger partial charge on any atom is 0.230 e. The minimum Gasteiger partial charge on any atom is -0.314 e. The van der Waals surface area contributed by atoms with Gasteiger partial charge in [0.15, 0.2) is 0 Å². The molecule has 5 nitrogen and oxygen atoms in total. The van der Waals surface area contributed by atoms with Crippen molar-refractivity contribution in [2.45, 2.75) is 0 Å². The number of aromatic nitrogens is 2. The molecule has 86 valence electrons. The van der Waals surface area contributed by atoms with Gasteiger partial charge < -0.3 is 4.90 Å². The predicted octanol–water partition coefficient (Wildman–Crippen LogP) is 1.99. The van der Waals surface area contributed by atoms with Crippen molar-refractivity contribution >= 4 is 11.6 Å². The van der Waals surface area contributed by atoms with Crippen LogP contribution in [0.25, 0.3) is 0 Å². The van der Waals surface area contributed by atoms with Crippen molar-refractivity contribution in [3.8, 4) is 12.1 Å². The Morgan fingerprint density at radius 2 is 1.78 bits per heavy atom. The van der Waals surface area contributed by atoms with E-state index in [9.17, 15) is 0 Å². The first kappa shape index (κ1) is 11.6. The summed E-state index contributed by atoms with van der Waals surface area (Å²) < 4.78 is 0. The lowest BCUT2D eigenvalue weighted by Gasteiger charge is -2.16. The van der Waals surface area contributed by atoms with Gasteiger partial charge >= 0.3 is 0 Å². The summed E-state index contributed by atoms with van der Waals surface area (Å²) in [6.07, 6.45) is 1.54. The van der Waals surface area contributed by atoms with Crippen LogP contribution in [-0.4, -0.2) is 17.0 Å². The van der Waals surface area contributed by atoms with Gasteiger partial charge in [0.05, 0.1) is 11.6 Å². The summed E-state index contributed by atoms with van der Waals surface area (Å²) in [5.74, 6) is 0.443. The summed E-state index contributed by atoms with van der Waals surface area (Å²) in [5, 5.41) is 17.5. The number of hydrogen-bond donors (Lipinski definition) is 0. The lowest BCUT2D eigenvalue weighted by atomic mass is 10.2. The van der Waals surface area contributed by atoms with Crippen LogP contribution in [0.4, 0.5) is 11.6 Å². The molecule has 18 heavy (non-hydrogen) atoms. The van der Waals surface area contributed by atoms with E-state index in [1.165, 1.54) is 0 Å². The molecule has 2 rings (SSSR count). The largest absolute Gasteiger partial charge is 0.314 e. The van der Waals surface area contributed by atoms with Crippen LogP contribution >= 0.6 is 0 Å². The number of rotatable bonds is 2. The molecule has 2 aromatic rings. The Hall–Kier alpha value is -2.92. The molecular weight excluding hydrogens is 226 g/mol. The van der Waals surface area contributed by atoms with Gasteiger partial charge in [-0.2, -0.15) is 10.5 Å². The fraction of sp³-hybridized carbons (Fsp3) is 0.0769. The third-order valence-electron chi connectivity index (χ3n) is 2.44. The van der Waals surface area contributed by atoms with E-state index in [1.807, 2.05) is 6.07 Å². The smallest absolute Gasteiger partial charge is 0.230 e. The molecule has 0 unspecified atom stereocenters. The topological polar surface area (TPSA) is 76.6 Å². The number of benzene rings is 1. The van der Waals surface area contributed by atoms with Crippen molar-refractivity contribution < 1.29 is 0 Å². The normalized spacial score (nSPS) is 9.28. The van der Waals surface area contributed by atoms with E-state index in [1.54, 1.807) is 48.5 Å². The minimum absolute atomic E-state index is 0.320. The minimum atomic E-state index is 0.320. The van der Waals surface area contributed by atoms with E-state index in [0.29, 0.717) is 17.2 Å². The Bertz CT molecular complexity index is 634. The molecule has 0 aliphatic heterocycles. The quantitative estimate of drug-likeness (QED) is 0.795. The average molecular weight is 235 g/mol. The first-order valence-electron chi connectivity index (χ1n) is 5.21. The SMILES string of the molecule is CN(c1ccc(C#N)cc1)c1nccc(C#N)n1. The third-order valence-corrected chi connectivity index (χ3v) is 2.44. The Balaban J connectivity index is 2.32. The Labute approximate surface area is 105 Å². The molecule has 0 amide bonds. The second-order valence-electron chi connectivity index (χ2n) is 3.57. The summed E-state index contributed by atoms with van der Waals surface area (Å²) in [5.41, 5.74) is 1.77. The zero-order chi connectivity index (χ0) is 13.0. The summed E-state index contributed by atoms with van der Waals surface area (Å²) in [6, 6.07) is 12.6. The highest BCUT2D eigenvalue weighted by molar-refractivity contribution is 5.57. The van der Waals surface area contributed by atoms with Crippen molar-refractivity contribution in [3.05, 3.63) is 47.8 Å². The van der Waals surface area contributed by atoms with Gasteiger partial charge in [-0.25, -0.2) is 9.97 Å². The molecule has 0 fully saturated rings.